The summed E-state index contributed by atoms with van der Waals surface area (Å²) in [4.78, 5) is 0. The van der Waals surface area contributed by atoms with Crippen molar-refractivity contribution in [3.8, 4) is 11.1 Å². The van der Waals surface area contributed by atoms with Crippen LogP contribution in [0.15, 0.2) is 48.5 Å². The third kappa shape index (κ3) is 3.55. The fourth-order valence-electron chi connectivity index (χ4n) is 1.71. The van der Waals surface area contributed by atoms with E-state index in [1.807, 2.05) is 0 Å². The Morgan fingerprint density at radius 2 is 1.20 bits per heavy atom. The summed E-state index contributed by atoms with van der Waals surface area (Å²) in [6.45, 7) is 0. The van der Waals surface area contributed by atoms with Gasteiger partial charge >= 0.3 is 121 Å². The Morgan fingerprint density at radius 3 is 1.70 bits per heavy atom. The molecule has 0 radical (unpaired) electrons. The molecule has 0 aliphatic carbocycles. The molecule has 8 heteroatoms. The Labute approximate surface area is 120 Å². The summed E-state index contributed by atoms with van der Waals surface area (Å²) in [6, 6.07) is 11.6. The van der Waals surface area contributed by atoms with Crippen LogP contribution in [0.4, 0.5) is 0 Å². The van der Waals surface area contributed by atoms with Gasteiger partial charge in [-0.2, -0.15) is 0 Å². The number of rotatable bonds is 3. The molecule has 0 bridgehead atoms. The van der Waals surface area contributed by atoms with E-state index in [0.717, 1.165) is 0 Å². The molecule has 0 heterocycles. The molecule has 0 atom stereocenters. The zero-order valence-electron chi connectivity index (χ0n) is 10.1. The van der Waals surface area contributed by atoms with E-state index in [1.165, 1.54) is 42.5 Å². The molecule has 2 rings (SSSR count). The summed E-state index contributed by atoms with van der Waals surface area (Å²) in [5, 5.41) is 0. The van der Waals surface area contributed by atoms with Gasteiger partial charge in [0.05, 0.1) is 0 Å². The van der Waals surface area contributed by atoms with Crippen LogP contribution < -0.4 is 8.70 Å². The van der Waals surface area contributed by atoms with Gasteiger partial charge in [0.15, 0.2) is 0 Å². The second kappa shape index (κ2) is 5.41. The van der Waals surface area contributed by atoms with Gasteiger partial charge in [-0.25, -0.2) is 0 Å². The van der Waals surface area contributed by atoms with E-state index in [9.17, 15) is 15.7 Å². The fraction of sp³-hybridized carbons (Fsp3) is 0. The molecule has 0 spiro atoms. The van der Waals surface area contributed by atoms with Crippen LogP contribution >= 0.6 is 0 Å². The van der Waals surface area contributed by atoms with Gasteiger partial charge in [-0.05, 0) is 0 Å². The second-order valence-electron chi connectivity index (χ2n) is 4.19. The normalized spacial score (nSPS) is 12.4. The minimum absolute atomic E-state index is 0.0382. The minimum atomic E-state index is -4.95. The molecule has 20 heavy (non-hydrogen) atoms. The van der Waals surface area contributed by atoms with Crippen molar-refractivity contribution < 1.29 is 23.9 Å². The van der Waals surface area contributed by atoms with Gasteiger partial charge in [-0.3, -0.25) is 0 Å². The summed E-state index contributed by atoms with van der Waals surface area (Å²) in [6.07, 6.45) is 0. The van der Waals surface area contributed by atoms with E-state index in [4.69, 9.17) is 8.19 Å². The van der Waals surface area contributed by atoms with Crippen molar-refractivity contribution in [3.05, 3.63) is 48.5 Å². The number of hydrogen-bond acceptors (Lipinski definition) is 2. The predicted octanol–water partition coefficient (Wildman–Crippen LogP) is -1.52. The Balaban J connectivity index is 2.43. The Kier molecular flexibility index (Phi) is 4.16. The predicted molar refractivity (Wildman–Crippen MR) is 72.9 cm³/mol. The molecule has 0 unspecified atom stereocenters. The molecule has 106 valence electrons. The van der Waals surface area contributed by atoms with Gasteiger partial charge in [0, 0.05) is 0 Å². The summed E-state index contributed by atoms with van der Waals surface area (Å²) in [7, 11) is 0. The van der Waals surface area contributed by atoms with Crippen LogP contribution in [-0.4, -0.2) is 44.7 Å². The molecule has 0 saturated carbocycles. The molecular weight excluding hydrogens is 390 g/mol. The summed E-state index contributed by atoms with van der Waals surface area (Å²) in [5.41, 5.74) is 1.21. The molecule has 0 amide bonds. The second-order valence-corrected chi connectivity index (χ2v) is 10.9. The van der Waals surface area contributed by atoms with Crippen LogP contribution in [0.25, 0.3) is 11.1 Å². The Bertz CT molecular complexity index is 713. The van der Waals surface area contributed by atoms with Crippen LogP contribution in [0.5, 0.6) is 0 Å². The number of benzene rings is 2. The van der Waals surface area contributed by atoms with E-state index in [0.29, 0.717) is 11.1 Å². The van der Waals surface area contributed by atoms with Crippen molar-refractivity contribution in [2.24, 2.45) is 0 Å². The first-order valence-electron chi connectivity index (χ1n) is 5.51. The SMILES string of the molecule is O=[As](O)(O)c1ccc(-c2cccc([As](=O)(O)O)c2)cc1. The van der Waals surface area contributed by atoms with Gasteiger partial charge in [-0.1, -0.05) is 0 Å². The van der Waals surface area contributed by atoms with Crippen LogP contribution in [0.3, 0.4) is 0 Å². The summed E-state index contributed by atoms with van der Waals surface area (Å²) in [5.74, 6) is 0. The quantitative estimate of drug-likeness (QED) is 0.464. The molecule has 0 aromatic heterocycles. The molecule has 0 aliphatic rings. The van der Waals surface area contributed by atoms with E-state index < -0.39 is 28.3 Å². The monoisotopic (exact) mass is 402 g/mol. The third-order valence-corrected chi connectivity index (χ3v) is 6.75. The van der Waals surface area contributed by atoms with Crippen molar-refractivity contribution in [2.45, 2.75) is 0 Å². The van der Waals surface area contributed by atoms with Gasteiger partial charge in [-0.15, -0.1) is 0 Å². The summed E-state index contributed by atoms with van der Waals surface area (Å²) >= 11 is -9.86. The van der Waals surface area contributed by atoms with Crippen LogP contribution in [0.1, 0.15) is 0 Å². The average Bonchev–Trinajstić information content (AvgIpc) is 2.37. The van der Waals surface area contributed by atoms with Crippen LogP contribution in [0.2, 0.25) is 0 Å². The van der Waals surface area contributed by atoms with Gasteiger partial charge < -0.3 is 0 Å². The molecule has 2 aromatic rings. The number of hydrogen-bond donors (Lipinski definition) is 4. The topological polar surface area (TPSA) is 115 Å². The van der Waals surface area contributed by atoms with Gasteiger partial charge in [0.1, 0.15) is 0 Å². The van der Waals surface area contributed by atoms with Crippen molar-refractivity contribution in [2.75, 3.05) is 0 Å². The molecule has 0 aliphatic heterocycles. The maximum absolute atomic E-state index is 11.3. The first kappa shape index (κ1) is 15.4. The molecular formula is C12H12As2O6. The zero-order valence-corrected chi connectivity index (χ0v) is 13.9. The average molecular weight is 402 g/mol. The first-order valence-corrected chi connectivity index (χ1v) is 12.3. The van der Waals surface area contributed by atoms with E-state index in [2.05, 4.69) is 0 Å². The van der Waals surface area contributed by atoms with Crippen LogP contribution in [-0.2, 0) is 7.48 Å². The maximum atomic E-state index is 11.3. The molecule has 4 N–H and O–H groups in total. The Hall–Kier alpha value is -1.00. The fourth-order valence-corrected chi connectivity index (χ4v) is 4.08. The molecule has 2 aromatic carbocycles. The molecule has 0 fully saturated rings. The molecule has 0 saturated heterocycles. The molecule has 6 nitrogen and oxygen atoms in total. The van der Waals surface area contributed by atoms with Crippen LogP contribution in [0, 0.1) is 0 Å². The van der Waals surface area contributed by atoms with Crippen molar-refractivity contribution in [3.63, 3.8) is 0 Å². The first-order chi connectivity index (χ1) is 9.18. The van der Waals surface area contributed by atoms with Crippen molar-refractivity contribution in [1.29, 1.82) is 0 Å². The standard InChI is InChI=1S/C12H12As2O6/c15-13(16,17)11-6-4-9(5-7-11)10-2-1-3-12(8-10)14(18,19)20/h1-8H,(H2,15,16,17)(H2,18,19,20). The third-order valence-electron chi connectivity index (χ3n) is 2.72. The van der Waals surface area contributed by atoms with E-state index in [-0.39, 0.29) is 8.70 Å². The van der Waals surface area contributed by atoms with E-state index in [1.54, 1.807) is 6.07 Å². The van der Waals surface area contributed by atoms with Gasteiger partial charge in [0.25, 0.3) is 0 Å². The summed E-state index contributed by atoms with van der Waals surface area (Å²) < 4.78 is 58.8. The van der Waals surface area contributed by atoms with Crippen molar-refractivity contribution >= 4 is 37.0 Å². The van der Waals surface area contributed by atoms with Crippen molar-refractivity contribution in [1.82, 2.24) is 0 Å². The zero-order chi connectivity index (χ0) is 15.0. The Morgan fingerprint density at radius 1 is 0.650 bits per heavy atom. The van der Waals surface area contributed by atoms with E-state index >= 15 is 0 Å². The van der Waals surface area contributed by atoms with Gasteiger partial charge in [0.2, 0.25) is 0 Å².